The number of hydrogen-bond donors (Lipinski definition) is 7. The topological polar surface area (TPSA) is 350 Å². The molecule has 2 heterocycles. The predicted octanol–water partition coefficient (Wildman–Crippen LogP) is 4.72. The fourth-order valence-electron chi connectivity index (χ4n) is 11.8. The van der Waals surface area contributed by atoms with E-state index in [1.165, 1.54) is 62.2 Å². The maximum absolute atomic E-state index is 14.8. The summed E-state index contributed by atoms with van der Waals surface area (Å²) >= 11 is 5.89. The van der Waals surface area contributed by atoms with Crippen LogP contribution in [0.1, 0.15) is 138 Å². The van der Waals surface area contributed by atoms with E-state index in [2.05, 4.69) is 26.6 Å². The number of nitrogens with one attached hydrogen (secondary N) is 5. The number of methoxy groups -OCH3 is 3. The maximum Gasteiger partial charge on any atom is 0.408 e. The van der Waals surface area contributed by atoms with Crippen molar-refractivity contribution in [1.29, 1.82) is 0 Å². The van der Waals surface area contributed by atoms with Crippen LogP contribution in [0.25, 0.3) is 0 Å². The van der Waals surface area contributed by atoms with Gasteiger partial charge in [-0.3, -0.25) is 48.2 Å². The molecule has 0 spiro atoms. The zero-order valence-corrected chi connectivity index (χ0v) is 57.7. The second-order valence-corrected chi connectivity index (χ2v) is 25.8. The van der Waals surface area contributed by atoms with Gasteiger partial charge >= 0.3 is 18.1 Å². The number of imide groups is 1. The molecule has 520 valence electrons. The Labute approximate surface area is 558 Å². The largest absolute Gasteiger partial charge is 0.467 e. The van der Waals surface area contributed by atoms with Crippen LogP contribution in [0, 0.1) is 23.7 Å². The Morgan fingerprint density at radius 3 is 1.97 bits per heavy atom. The van der Waals surface area contributed by atoms with Crippen LogP contribution in [0.4, 0.5) is 15.3 Å². The second kappa shape index (κ2) is 37.7. The number of urea groups is 1. The molecule has 1 saturated heterocycles. The molecule has 0 aliphatic carbocycles. The standard InChI is InChI=1S/C67H101N11O15S/c1-14-42(6)57(50(90-11)38-54(82)76-36-22-26-48(76)58(91-12)43(7)60(94)71-47(63(86)92-13)37-44-23-17-15-18-24-44)75(10)61(84)55(40(2)3)73-64(87)67(8,9)74-66(89)93-39-45-28-30-46(31-29-45)78(49(59(68)83)25-21-34-70-65(69)88)62(85)56(41(4)5)72-51(79)27-19-16-20-35-77-52(80)32-33-53(77)81/h15,17-18,23-24,28-33,40-43,47-50,55-58H,14,16,19-22,25-27,34-39H2,1-13H3,(H2,68,83)(H,71,94)(H,72,79)(H,73,87)(H,74,89)(H3,69,70,88)/t42-,43+,47-,48-,49-,50+,55-,56-,57-,58+/m0/s1. The summed E-state index contributed by atoms with van der Waals surface area (Å²) in [6, 6.07) is 9.63. The first-order valence-electron chi connectivity index (χ1n) is 32.3. The number of unbranched alkanes of at least 4 members (excludes halogenated alkanes) is 2. The highest BCUT2D eigenvalue weighted by atomic mass is 32.1. The van der Waals surface area contributed by atoms with Crippen molar-refractivity contribution in [2.75, 3.05) is 52.9 Å². The smallest absolute Gasteiger partial charge is 0.408 e. The van der Waals surface area contributed by atoms with Crippen LogP contribution in [0.2, 0.25) is 0 Å². The molecule has 2 aliphatic heterocycles. The molecule has 0 radical (unpaired) electrons. The van der Waals surface area contributed by atoms with Crippen LogP contribution in [0.5, 0.6) is 0 Å². The monoisotopic (exact) mass is 1330 g/mol. The first-order valence-corrected chi connectivity index (χ1v) is 32.7. The van der Waals surface area contributed by atoms with Gasteiger partial charge in [0.1, 0.15) is 36.3 Å². The number of carbonyl (C=O) groups excluding carboxylic acids is 11. The highest BCUT2D eigenvalue weighted by Gasteiger charge is 2.44. The molecule has 1 fully saturated rings. The molecule has 0 bridgehead atoms. The van der Waals surface area contributed by atoms with Crippen LogP contribution in [-0.2, 0) is 75.1 Å². The summed E-state index contributed by atoms with van der Waals surface area (Å²) in [5, 5.41) is 13.9. The first-order chi connectivity index (χ1) is 44.4. The summed E-state index contributed by atoms with van der Waals surface area (Å²) in [6.07, 6.45) is 3.94. The molecule has 0 saturated carbocycles. The number of esters is 1. The third-order valence-corrected chi connectivity index (χ3v) is 17.9. The second-order valence-electron chi connectivity index (χ2n) is 25.4. The minimum absolute atomic E-state index is 0.00322. The summed E-state index contributed by atoms with van der Waals surface area (Å²) < 4.78 is 22.9. The number of thiocarbonyl (C=S) groups is 1. The van der Waals surface area contributed by atoms with Crippen molar-refractivity contribution in [3.05, 3.63) is 77.9 Å². The van der Waals surface area contributed by atoms with Gasteiger partial charge in [0.2, 0.25) is 29.5 Å². The average molecular weight is 1330 g/mol. The summed E-state index contributed by atoms with van der Waals surface area (Å²) in [6.45, 7) is 16.2. The van der Waals surface area contributed by atoms with Crippen LogP contribution in [0.3, 0.4) is 0 Å². The molecule has 2 aromatic rings. The van der Waals surface area contributed by atoms with Gasteiger partial charge < -0.3 is 66.8 Å². The molecule has 2 aromatic carbocycles. The molecule has 9 N–H and O–H groups in total. The highest BCUT2D eigenvalue weighted by Crippen LogP contribution is 2.31. The van der Waals surface area contributed by atoms with E-state index in [-0.39, 0.29) is 68.9 Å². The Hall–Kier alpha value is -8.04. The third kappa shape index (κ3) is 22.6. The van der Waals surface area contributed by atoms with Crippen molar-refractivity contribution in [2.24, 2.45) is 35.1 Å². The Morgan fingerprint density at radius 2 is 1.40 bits per heavy atom. The maximum atomic E-state index is 14.8. The van der Waals surface area contributed by atoms with E-state index >= 15 is 0 Å². The van der Waals surface area contributed by atoms with Crippen molar-refractivity contribution < 1.29 is 71.7 Å². The van der Waals surface area contributed by atoms with E-state index in [4.69, 9.17) is 42.6 Å². The summed E-state index contributed by atoms with van der Waals surface area (Å²) in [5.74, 6) is -6.07. The summed E-state index contributed by atoms with van der Waals surface area (Å²) in [4.78, 5) is 152. The van der Waals surface area contributed by atoms with Gasteiger partial charge in [-0.15, -0.1) is 0 Å². The number of nitrogens with two attached hydrogens (primary N) is 2. The van der Waals surface area contributed by atoms with Crippen LogP contribution >= 0.6 is 12.2 Å². The van der Waals surface area contributed by atoms with Gasteiger partial charge in [0.05, 0.1) is 42.8 Å². The SMILES string of the molecule is CC[C@H](C)[C@@H]([C@@H](CC(=O)N1CCC[C@H]1[C@H](OC)[C@@H](C)C(=S)N[C@@H](Cc1ccccc1)C(=O)OC)OC)N(C)C(=O)[C@@H](NC(=O)C(C)(C)NC(=O)OCc1ccc(N(C(=O)[C@@H](NC(=O)CCCCCN2C(=O)C=CC2=O)C(C)C)[C@@H](CCCNC(N)=O)C(N)=O)cc1)C(C)C. The number of rotatable bonds is 38. The quantitative estimate of drug-likeness (QED) is 0.0207. The minimum atomic E-state index is -1.63. The minimum Gasteiger partial charge on any atom is -0.467 e. The van der Waals surface area contributed by atoms with E-state index in [9.17, 15) is 52.7 Å². The molecule has 2 aliphatic rings. The number of ether oxygens (including phenoxy) is 4. The number of amides is 11. The number of anilines is 1. The van der Waals surface area contributed by atoms with Gasteiger partial charge in [-0.1, -0.05) is 116 Å². The van der Waals surface area contributed by atoms with Crippen molar-refractivity contribution in [3.8, 4) is 0 Å². The lowest BCUT2D eigenvalue weighted by molar-refractivity contribution is -0.147. The lowest BCUT2D eigenvalue weighted by Crippen LogP contribution is -2.62. The zero-order chi connectivity index (χ0) is 70.1. The van der Waals surface area contributed by atoms with E-state index < -0.39 is 125 Å². The number of hydrogen-bond acceptors (Lipinski definition) is 16. The highest BCUT2D eigenvalue weighted by molar-refractivity contribution is 7.80. The number of carbonyl (C=O) groups is 11. The zero-order valence-electron chi connectivity index (χ0n) is 56.9. The summed E-state index contributed by atoms with van der Waals surface area (Å²) in [7, 11) is 6.02. The first kappa shape index (κ1) is 78.4. The number of primary amides is 2. The van der Waals surface area contributed by atoms with Gasteiger partial charge in [0.15, 0.2) is 0 Å². The Bertz CT molecular complexity index is 2950. The number of likely N-dealkylation sites (tertiary alicyclic amines) is 1. The molecule has 0 unspecified atom stereocenters. The third-order valence-electron chi connectivity index (χ3n) is 17.4. The van der Waals surface area contributed by atoms with Gasteiger partial charge in [0.25, 0.3) is 17.7 Å². The molecule has 0 aromatic heterocycles. The van der Waals surface area contributed by atoms with Crippen molar-refractivity contribution in [1.82, 2.24) is 41.3 Å². The lowest BCUT2D eigenvalue weighted by Gasteiger charge is -2.41. The molecule has 26 nitrogen and oxygen atoms in total. The molecule has 94 heavy (non-hydrogen) atoms. The predicted molar refractivity (Wildman–Crippen MR) is 357 cm³/mol. The molecule has 10 atom stereocenters. The molecular formula is C67H101N11O15S. The van der Waals surface area contributed by atoms with E-state index in [0.717, 1.165) is 10.5 Å². The van der Waals surface area contributed by atoms with Crippen molar-refractivity contribution in [3.63, 3.8) is 0 Å². The van der Waals surface area contributed by atoms with Crippen molar-refractivity contribution >= 4 is 88.2 Å². The molecule has 27 heteroatoms. The fourth-order valence-corrected chi connectivity index (χ4v) is 12.0. The molecule has 11 amide bonds. The van der Waals surface area contributed by atoms with Gasteiger partial charge in [-0.2, -0.15) is 0 Å². The Balaban J connectivity index is 1.43. The molecule has 4 rings (SSSR count). The number of benzene rings is 2. The van der Waals surface area contributed by atoms with Crippen molar-refractivity contribution in [2.45, 2.75) is 194 Å². The van der Waals surface area contributed by atoms with Gasteiger partial charge in [-0.05, 0) is 93.4 Å². The normalized spacial score (nSPS) is 16.8. The van der Waals surface area contributed by atoms with E-state index in [1.54, 1.807) is 58.9 Å². The number of alkyl carbamates (subject to hydrolysis) is 1. The molecular weight excluding hydrogens is 1230 g/mol. The van der Waals surface area contributed by atoms with Crippen LogP contribution < -0.4 is 43.0 Å². The van der Waals surface area contributed by atoms with Gasteiger partial charge in [-0.25, -0.2) is 14.4 Å². The number of nitrogens with zero attached hydrogens (tertiary/aromatic N) is 4. The van der Waals surface area contributed by atoms with Crippen LogP contribution in [-0.4, -0.2) is 187 Å². The van der Waals surface area contributed by atoms with E-state index in [0.29, 0.717) is 62.0 Å². The van der Waals surface area contributed by atoms with E-state index in [1.807, 2.05) is 51.1 Å². The number of likely N-dealkylation sites (N-methyl/N-ethyl adjacent to an activating group) is 1. The fraction of sp³-hybridized carbons (Fsp3) is 0.612. The van der Waals surface area contributed by atoms with Gasteiger partial charge in [0, 0.05) is 77.5 Å². The lowest BCUT2D eigenvalue weighted by atomic mass is 9.89. The Morgan fingerprint density at radius 1 is 0.777 bits per heavy atom. The average Bonchev–Trinajstić information content (AvgIpc) is 1.05. The van der Waals surface area contributed by atoms with Crippen LogP contribution in [0.15, 0.2) is 66.7 Å². The Kier molecular flexibility index (Phi) is 31.5. The summed E-state index contributed by atoms with van der Waals surface area (Å²) in [5.41, 5.74) is 11.1.